The Bertz CT molecular complexity index is 90.9. The van der Waals surface area contributed by atoms with Crippen molar-refractivity contribution in [3.63, 3.8) is 0 Å². The van der Waals surface area contributed by atoms with Crippen LogP contribution in [0.5, 0.6) is 0 Å². The van der Waals surface area contributed by atoms with Crippen LogP contribution in [0.25, 0.3) is 0 Å². The predicted octanol–water partition coefficient (Wildman–Crippen LogP) is 2.53. The Hall–Kier alpha value is 0.150. The van der Waals surface area contributed by atoms with Crippen LogP contribution in [0.4, 0.5) is 0 Å². The summed E-state index contributed by atoms with van der Waals surface area (Å²) in [6, 6.07) is 0. The minimum atomic E-state index is 0.0949. The van der Waals surface area contributed by atoms with E-state index < -0.39 is 0 Å². The number of rotatable bonds is 4. The Morgan fingerprint density at radius 3 is 2.44 bits per heavy atom. The molecule has 0 aromatic carbocycles. The fraction of sp³-hybridized carbons (Fsp3) is 0.857. The van der Waals surface area contributed by atoms with Crippen LogP contribution < -0.4 is 0 Å². The molecule has 0 rings (SSSR count). The van der Waals surface area contributed by atoms with Gasteiger partial charge in [0, 0.05) is 6.42 Å². The lowest BCUT2D eigenvalue weighted by atomic mass is 10.1. The molecule has 0 heterocycles. The van der Waals surface area contributed by atoms with Gasteiger partial charge in [0.15, 0.2) is 0 Å². The maximum Gasteiger partial charge on any atom is 0.146 e. The highest BCUT2D eigenvalue weighted by atomic mass is 79.9. The average molecular weight is 193 g/mol. The van der Waals surface area contributed by atoms with Gasteiger partial charge in [-0.2, -0.15) is 0 Å². The van der Waals surface area contributed by atoms with Crippen LogP contribution >= 0.6 is 15.9 Å². The van der Waals surface area contributed by atoms with Gasteiger partial charge in [0.2, 0.25) is 0 Å². The second kappa shape index (κ2) is 4.98. The van der Waals surface area contributed by atoms with E-state index in [-0.39, 0.29) is 4.83 Å². The molecule has 0 spiro atoms. The number of hydrogen-bond acceptors (Lipinski definition) is 1. The standard InChI is InChI=1S/C7H13BrO/c1-3-5-7(9)6(8)4-2/h6H,3-5H2,1-2H3/t6-/m0/s1. The van der Waals surface area contributed by atoms with Crippen molar-refractivity contribution >= 4 is 21.7 Å². The molecule has 0 radical (unpaired) electrons. The number of Topliss-reactive ketones (excluding diaryl/α,β-unsaturated/α-hetero) is 1. The van der Waals surface area contributed by atoms with E-state index in [1.54, 1.807) is 0 Å². The molecule has 54 valence electrons. The van der Waals surface area contributed by atoms with E-state index >= 15 is 0 Å². The average Bonchev–Trinajstić information content (AvgIpc) is 1.87. The van der Waals surface area contributed by atoms with Gasteiger partial charge in [0.25, 0.3) is 0 Å². The van der Waals surface area contributed by atoms with Gasteiger partial charge >= 0.3 is 0 Å². The molecule has 0 bridgehead atoms. The molecule has 1 nitrogen and oxygen atoms in total. The lowest BCUT2D eigenvalue weighted by molar-refractivity contribution is -0.118. The Kier molecular flexibility index (Phi) is 5.06. The SMILES string of the molecule is CCCC(=O)[C@@H](Br)CC. The number of halogens is 1. The zero-order chi connectivity index (χ0) is 7.28. The van der Waals surface area contributed by atoms with Crippen molar-refractivity contribution in [2.75, 3.05) is 0 Å². The summed E-state index contributed by atoms with van der Waals surface area (Å²) in [5.74, 6) is 0.333. The third kappa shape index (κ3) is 3.68. The van der Waals surface area contributed by atoms with Crippen molar-refractivity contribution in [3.8, 4) is 0 Å². The summed E-state index contributed by atoms with van der Waals surface area (Å²) >= 11 is 3.29. The van der Waals surface area contributed by atoms with Gasteiger partial charge in [-0.05, 0) is 12.8 Å². The first-order valence-corrected chi connectivity index (χ1v) is 4.30. The first kappa shape index (κ1) is 9.15. The minimum absolute atomic E-state index is 0.0949. The second-order valence-corrected chi connectivity index (χ2v) is 3.20. The second-order valence-electron chi connectivity index (χ2n) is 2.09. The molecule has 0 saturated heterocycles. The van der Waals surface area contributed by atoms with Gasteiger partial charge in [-0.15, -0.1) is 0 Å². The van der Waals surface area contributed by atoms with Crippen molar-refractivity contribution in [2.24, 2.45) is 0 Å². The van der Waals surface area contributed by atoms with Crippen molar-refractivity contribution in [1.82, 2.24) is 0 Å². The Morgan fingerprint density at radius 2 is 2.11 bits per heavy atom. The lowest BCUT2D eigenvalue weighted by Crippen LogP contribution is -2.11. The maximum absolute atomic E-state index is 10.9. The predicted molar refractivity (Wildman–Crippen MR) is 42.9 cm³/mol. The number of ketones is 1. The van der Waals surface area contributed by atoms with E-state index in [1.165, 1.54) is 0 Å². The summed E-state index contributed by atoms with van der Waals surface area (Å²) < 4.78 is 0. The van der Waals surface area contributed by atoms with Crippen molar-refractivity contribution in [1.29, 1.82) is 0 Å². The highest BCUT2D eigenvalue weighted by Gasteiger charge is 2.09. The van der Waals surface area contributed by atoms with Gasteiger partial charge < -0.3 is 0 Å². The zero-order valence-electron chi connectivity index (χ0n) is 5.98. The molecule has 9 heavy (non-hydrogen) atoms. The summed E-state index contributed by atoms with van der Waals surface area (Å²) in [4.78, 5) is 11.0. The monoisotopic (exact) mass is 192 g/mol. The Balaban J connectivity index is 3.46. The first-order chi connectivity index (χ1) is 4.22. The normalized spacial score (nSPS) is 13.2. The van der Waals surface area contributed by atoms with Crippen LogP contribution in [0.2, 0.25) is 0 Å². The minimum Gasteiger partial charge on any atom is -0.298 e. The van der Waals surface area contributed by atoms with Gasteiger partial charge in [-0.3, -0.25) is 4.79 Å². The molecule has 0 aliphatic rings. The number of carbonyl (C=O) groups excluding carboxylic acids is 1. The van der Waals surface area contributed by atoms with E-state index in [1.807, 2.05) is 13.8 Å². The van der Waals surface area contributed by atoms with Crippen LogP contribution in [0.15, 0.2) is 0 Å². The summed E-state index contributed by atoms with van der Waals surface area (Å²) in [6.45, 7) is 4.03. The molecule has 1 atom stereocenters. The number of carbonyl (C=O) groups is 1. The maximum atomic E-state index is 10.9. The van der Waals surface area contributed by atoms with Crippen LogP contribution in [0.3, 0.4) is 0 Å². The van der Waals surface area contributed by atoms with Crippen LogP contribution in [0, 0.1) is 0 Å². The van der Waals surface area contributed by atoms with Crippen molar-refractivity contribution in [2.45, 2.75) is 37.9 Å². The lowest BCUT2D eigenvalue weighted by Gasteiger charge is -2.02. The van der Waals surface area contributed by atoms with E-state index in [9.17, 15) is 4.79 Å². The third-order valence-corrected chi connectivity index (χ3v) is 2.36. The van der Waals surface area contributed by atoms with E-state index in [0.29, 0.717) is 12.2 Å². The quantitative estimate of drug-likeness (QED) is 0.627. The van der Waals surface area contributed by atoms with Crippen molar-refractivity contribution < 1.29 is 4.79 Å². The molecule has 0 saturated carbocycles. The fourth-order valence-corrected chi connectivity index (χ4v) is 0.860. The molecule has 0 fully saturated rings. The summed E-state index contributed by atoms with van der Waals surface area (Å²) in [6.07, 6.45) is 2.57. The Morgan fingerprint density at radius 1 is 1.56 bits per heavy atom. The highest BCUT2D eigenvalue weighted by Crippen LogP contribution is 2.08. The molecule has 0 unspecified atom stereocenters. The molecular formula is C7H13BrO. The van der Waals surface area contributed by atoms with E-state index in [2.05, 4.69) is 15.9 Å². The van der Waals surface area contributed by atoms with E-state index in [4.69, 9.17) is 0 Å². The zero-order valence-corrected chi connectivity index (χ0v) is 7.57. The molecule has 0 N–H and O–H groups in total. The summed E-state index contributed by atoms with van der Waals surface area (Å²) in [5, 5.41) is 0. The van der Waals surface area contributed by atoms with Gasteiger partial charge in [0.1, 0.15) is 5.78 Å². The van der Waals surface area contributed by atoms with Crippen LogP contribution in [-0.4, -0.2) is 10.6 Å². The van der Waals surface area contributed by atoms with Gasteiger partial charge in [-0.1, -0.05) is 29.8 Å². The molecule has 0 aromatic heterocycles. The van der Waals surface area contributed by atoms with Gasteiger partial charge in [-0.25, -0.2) is 0 Å². The molecule has 0 aromatic rings. The van der Waals surface area contributed by atoms with Crippen molar-refractivity contribution in [3.05, 3.63) is 0 Å². The molecule has 0 amide bonds. The third-order valence-electron chi connectivity index (χ3n) is 1.20. The smallest absolute Gasteiger partial charge is 0.146 e. The fourth-order valence-electron chi connectivity index (χ4n) is 0.631. The van der Waals surface area contributed by atoms with Crippen LogP contribution in [-0.2, 0) is 4.79 Å². The Labute approximate surface area is 65.0 Å². The molecule has 0 aliphatic carbocycles. The summed E-state index contributed by atoms with van der Waals surface area (Å²) in [5.41, 5.74) is 0. The highest BCUT2D eigenvalue weighted by molar-refractivity contribution is 9.10. The van der Waals surface area contributed by atoms with E-state index in [0.717, 1.165) is 12.8 Å². The summed E-state index contributed by atoms with van der Waals surface area (Å²) in [7, 11) is 0. The van der Waals surface area contributed by atoms with Crippen LogP contribution in [0.1, 0.15) is 33.1 Å². The number of hydrogen-bond donors (Lipinski definition) is 0. The topological polar surface area (TPSA) is 17.1 Å². The number of alkyl halides is 1. The largest absolute Gasteiger partial charge is 0.298 e. The molecule has 0 aliphatic heterocycles. The molecule has 2 heteroatoms. The first-order valence-electron chi connectivity index (χ1n) is 3.39. The van der Waals surface area contributed by atoms with Gasteiger partial charge in [0.05, 0.1) is 4.83 Å². The molecular weight excluding hydrogens is 180 g/mol.